The minimum absolute atomic E-state index is 0.0597. The molecule has 2 atom stereocenters. The van der Waals surface area contributed by atoms with Crippen LogP contribution in [0.1, 0.15) is 36.8 Å². The second kappa shape index (κ2) is 11.8. The van der Waals surface area contributed by atoms with Crippen LogP contribution in [-0.2, 0) is 25.2 Å². The number of carbonyl (C=O) groups excluding carboxylic acids is 2. The maximum atomic E-state index is 14.5. The first-order valence-corrected chi connectivity index (χ1v) is 16.2. The summed E-state index contributed by atoms with van der Waals surface area (Å²) >= 11 is -0.379. The Labute approximate surface area is 254 Å². The number of aromatic nitrogens is 2. The maximum Gasteiger partial charge on any atom is 0.446 e. The number of carbonyl (C=O) groups is 2. The highest BCUT2D eigenvalue weighted by Crippen LogP contribution is 2.48. The lowest BCUT2D eigenvalue weighted by molar-refractivity contribution is -0.123. The predicted octanol–water partition coefficient (Wildman–Crippen LogP) is 2.72. The molecule has 20 heteroatoms. The van der Waals surface area contributed by atoms with Crippen LogP contribution in [0.4, 0.5) is 35.0 Å². The van der Waals surface area contributed by atoms with Gasteiger partial charge in [0.25, 0.3) is 26.3 Å². The molecule has 1 fully saturated rings. The van der Waals surface area contributed by atoms with Gasteiger partial charge in [0, 0.05) is 29.1 Å². The van der Waals surface area contributed by atoms with Crippen LogP contribution in [0, 0.1) is 0 Å². The number of imide groups is 1. The van der Waals surface area contributed by atoms with Crippen LogP contribution in [0.2, 0.25) is 0 Å². The van der Waals surface area contributed by atoms with E-state index in [4.69, 9.17) is 10.3 Å². The summed E-state index contributed by atoms with van der Waals surface area (Å²) in [5, 5.41) is 13.1. The number of benzene rings is 1. The Bertz CT molecular complexity index is 1720. The fourth-order valence-electron chi connectivity index (χ4n) is 5.09. The van der Waals surface area contributed by atoms with Crippen LogP contribution in [0.5, 0.6) is 0 Å². The van der Waals surface area contributed by atoms with Gasteiger partial charge >= 0.3 is 11.5 Å². The first-order valence-electron chi connectivity index (χ1n) is 12.3. The standard InChI is InChI=1S/C24H25F3N8O6S3/c1-13(17-7-9-30-11-19(17)33-43(28,38)39)23(14(2)18-8-10-31-12-20(18)34-44(29,40)41)21(36)35(22(37)32-23)15-3-5-16(6-4-15)42-24(25,26)27/h3-14,33-34H,1-2H3,(H,32,37)(H2,28,38,39)(H2,29,40,41). The molecule has 0 aliphatic carbocycles. The second-order valence-electron chi connectivity index (χ2n) is 9.64. The SMILES string of the molecule is CC(c1ccncc1NS(N)(=O)=O)C1(C(C)c2ccncc2NS(N)(=O)=O)NC(=O)N(c2ccc(SC(F)(F)F)cc2)C1=O. The lowest BCUT2D eigenvalue weighted by Gasteiger charge is -2.39. The van der Waals surface area contributed by atoms with Crippen molar-refractivity contribution in [1.29, 1.82) is 0 Å². The van der Waals surface area contributed by atoms with Gasteiger partial charge in [0.05, 0.1) is 29.5 Å². The van der Waals surface area contributed by atoms with Gasteiger partial charge in [-0.15, -0.1) is 0 Å². The molecule has 14 nitrogen and oxygen atoms in total. The van der Waals surface area contributed by atoms with Crippen LogP contribution in [0.25, 0.3) is 0 Å². The molecule has 2 unspecified atom stereocenters. The van der Waals surface area contributed by atoms with E-state index in [0.29, 0.717) is 0 Å². The summed E-state index contributed by atoms with van der Waals surface area (Å²) in [6.07, 6.45) is 4.92. The first kappa shape index (κ1) is 32.9. The number of halogens is 3. The maximum absolute atomic E-state index is 14.5. The summed E-state index contributed by atoms with van der Waals surface area (Å²) in [5.74, 6) is -3.04. The van der Waals surface area contributed by atoms with Crippen LogP contribution >= 0.6 is 11.8 Å². The molecule has 4 rings (SSSR count). The lowest BCUT2D eigenvalue weighted by Crippen LogP contribution is -2.55. The number of hydrogen-bond acceptors (Lipinski definition) is 9. The summed E-state index contributed by atoms with van der Waals surface area (Å²) in [4.78, 5) is 36.4. The van der Waals surface area contributed by atoms with Crippen molar-refractivity contribution in [2.24, 2.45) is 10.3 Å². The Hall–Kier alpha value is -3.98. The van der Waals surface area contributed by atoms with Crippen molar-refractivity contribution in [1.82, 2.24) is 15.3 Å². The van der Waals surface area contributed by atoms with Crippen LogP contribution < -0.4 is 29.9 Å². The average molecular weight is 675 g/mol. The number of pyridine rings is 2. The summed E-state index contributed by atoms with van der Waals surface area (Å²) in [5.41, 5.74) is -6.48. The summed E-state index contributed by atoms with van der Waals surface area (Å²) in [6, 6.07) is 6.36. The van der Waals surface area contributed by atoms with Gasteiger partial charge in [-0.2, -0.15) is 30.0 Å². The van der Waals surface area contributed by atoms with Gasteiger partial charge in [-0.1, -0.05) is 13.8 Å². The number of urea groups is 1. The molecule has 236 valence electrons. The number of rotatable bonds is 10. The van der Waals surface area contributed by atoms with E-state index in [0.717, 1.165) is 41.6 Å². The van der Waals surface area contributed by atoms with Crippen molar-refractivity contribution in [2.45, 2.75) is 41.6 Å². The van der Waals surface area contributed by atoms with E-state index in [2.05, 4.69) is 24.7 Å². The molecular weight excluding hydrogens is 650 g/mol. The number of nitrogens with one attached hydrogen (secondary N) is 3. The zero-order valence-corrected chi connectivity index (χ0v) is 25.2. The van der Waals surface area contributed by atoms with Gasteiger partial charge in [-0.25, -0.2) is 20.0 Å². The van der Waals surface area contributed by atoms with E-state index in [9.17, 15) is 39.6 Å². The Kier molecular flexibility index (Phi) is 8.86. The highest BCUT2D eigenvalue weighted by Gasteiger charge is 2.59. The normalized spacial score (nSPS) is 18.9. The average Bonchev–Trinajstić information content (AvgIpc) is 3.17. The Morgan fingerprint density at radius 3 is 1.73 bits per heavy atom. The van der Waals surface area contributed by atoms with E-state index < -0.39 is 55.2 Å². The molecule has 1 aliphatic rings. The first-order chi connectivity index (χ1) is 20.3. The fourth-order valence-corrected chi connectivity index (χ4v) is 6.58. The van der Waals surface area contributed by atoms with Gasteiger partial charge in [-0.3, -0.25) is 24.2 Å². The zero-order valence-electron chi connectivity index (χ0n) is 22.7. The van der Waals surface area contributed by atoms with Crippen molar-refractivity contribution >= 4 is 61.2 Å². The Morgan fingerprint density at radius 1 is 0.864 bits per heavy atom. The van der Waals surface area contributed by atoms with E-state index in [1.54, 1.807) is 0 Å². The fraction of sp³-hybridized carbons (Fsp3) is 0.250. The molecule has 0 radical (unpaired) electrons. The van der Waals surface area contributed by atoms with Gasteiger partial charge in [0.1, 0.15) is 5.54 Å². The molecule has 44 heavy (non-hydrogen) atoms. The van der Waals surface area contributed by atoms with Gasteiger partial charge in [-0.05, 0) is 59.3 Å². The number of nitrogens with two attached hydrogens (primary N) is 2. The molecule has 0 spiro atoms. The van der Waals surface area contributed by atoms with E-state index in [1.807, 2.05) is 0 Å². The number of amides is 3. The molecule has 3 amide bonds. The molecule has 1 saturated heterocycles. The largest absolute Gasteiger partial charge is 0.446 e. The predicted molar refractivity (Wildman–Crippen MR) is 156 cm³/mol. The molecule has 2 aromatic heterocycles. The number of alkyl halides is 3. The molecular formula is C24H25F3N8O6S3. The molecule has 0 bridgehead atoms. The molecule has 3 aromatic rings. The van der Waals surface area contributed by atoms with E-state index in [-0.39, 0.29) is 44.8 Å². The number of thioether (sulfide) groups is 1. The van der Waals surface area contributed by atoms with Crippen LogP contribution in [0.15, 0.2) is 66.1 Å². The topological polar surface area (TPSA) is 220 Å². The number of hydrogen-bond donors (Lipinski definition) is 5. The Morgan fingerprint density at radius 2 is 1.32 bits per heavy atom. The second-order valence-corrected chi connectivity index (χ2v) is 13.4. The third-order valence-corrected chi connectivity index (χ3v) is 8.66. The summed E-state index contributed by atoms with van der Waals surface area (Å²) in [7, 11) is -8.65. The van der Waals surface area contributed by atoms with Crippen molar-refractivity contribution in [3.05, 3.63) is 72.3 Å². The molecule has 7 N–H and O–H groups in total. The van der Waals surface area contributed by atoms with Crippen molar-refractivity contribution in [3.8, 4) is 0 Å². The minimum Gasteiger partial charge on any atom is -0.322 e. The van der Waals surface area contributed by atoms with E-state index >= 15 is 0 Å². The smallest absolute Gasteiger partial charge is 0.322 e. The quantitative estimate of drug-likeness (QED) is 0.157. The van der Waals surface area contributed by atoms with Crippen molar-refractivity contribution in [2.75, 3.05) is 14.3 Å². The highest BCUT2D eigenvalue weighted by molar-refractivity contribution is 8.00. The number of nitrogens with zero attached hydrogens (tertiary/aromatic N) is 3. The minimum atomic E-state index is -4.57. The summed E-state index contributed by atoms with van der Waals surface area (Å²) in [6.45, 7) is 3.03. The highest BCUT2D eigenvalue weighted by atomic mass is 32.2. The van der Waals surface area contributed by atoms with Crippen LogP contribution in [-0.4, -0.2) is 49.8 Å². The zero-order chi connectivity index (χ0) is 32.7. The van der Waals surface area contributed by atoms with Gasteiger partial charge in [0.2, 0.25) is 0 Å². The third kappa shape index (κ3) is 7.04. The molecule has 0 saturated carbocycles. The Balaban J connectivity index is 1.89. The van der Waals surface area contributed by atoms with E-state index in [1.165, 1.54) is 38.4 Å². The third-order valence-electron chi connectivity index (χ3n) is 6.92. The molecule has 1 aliphatic heterocycles. The van der Waals surface area contributed by atoms with Gasteiger partial charge < -0.3 is 5.32 Å². The number of anilines is 3. The van der Waals surface area contributed by atoms with Crippen molar-refractivity contribution in [3.63, 3.8) is 0 Å². The van der Waals surface area contributed by atoms with Crippen molar-refractivity contribution < 1.29 is 39.6 Å². The van der Waals surface area contributed by atoms with Crippen LogP contribution in [0.3, 0.4) is 0 Å². The molecule has 1 aromatic carbocycles. The van der Waals surface area contributed by atoms with Gasteiger partial charge in [0.15, 0.2) is 0 Å². The summed E-state index contributed by atoms with van der Waals surface area (Å²) < 4.78 is 90.5. The monoisotopic (exact) mass is 674 g/mol. The lowest BCUT2D eigenvalue weighted by atomic mass is 9.69. The molecule has 3 heterocycles.